The van der Waals surface area contributed by atoms with Gasteiger partial charge in [-0.05, 0) is 47.9 Å². The molecule has 0 spiro atoms. The van der Waals surface area contributed by atoms with Gasteiger partial charge in [-0.3, -0.25) is 4.79 Å². The Kier molecular flexibility index (Phi) is 5.29. The van der Waals surface area contributed by atoms with E-state index in [0.717, 1.165) is 29.7 Å². The highest BCUT2D eigenvalue weighted by Crippen LogP contribution is 2.41. The van der Waals surface area contributed by atoms with Crippen molar-refractivity contribution in [1.82, 2.24) is 14.8 Å². The number of hydrogen-bond acceptors (Lipinski definition) is 4. The first-order valence-corrected chi connectivity index (χ1v) is 9.77. The summed E-state index contributed by atoms with van der Waals surface area (Å²) >= 11 is 0. The number of carbonyl (C=O) groups is 1. The molecule has 29 heavy (non-hydrogen) atoms. The van der Waals surface area contributed by atoms with Crippen LogP contribution in [-0.4, -0.2) is 27.3 Å². The lowest BCUT2D eigenvalue weighted by molar-refractivity contribution is -0.116. The second kappa shape index (κ2) is 8.03. The number of anilines is 1. The van der Waals surface area contributed by atoms with Gasteiger partial charge in [0.15, 0.2) is 0 Å². The van der Waals surface area contributed by atoms with Gasteiger partial charge in [0.2, 0.25) is 11.8 Å². The second-order valence-electron chi connectivity index (χ2n) is 7.54. The molecule has 0 bridgehead atoms. The number of aryl methyl sites for hydroxylation is 1. The minimum atomic E-state index is -0.297. The largest absolute Gasteiger partial charge is 0.477 e. The molecule has 4 rings (SSSR count). The van der Waals surface area contributed by atoms with Crippen LogP contribution < -0.4 is 10.1 Å². The van der Waals surface area contributed by atoms with Gasteiger partial charge in [0.1, 0.15) is 17.3 Å². The van der Waals surface area contributed by atoms with Crippen molar-refractivity contribution in [1.29, 1.82) is 0 Å². The van der Waals surface area contributed by atoms with Gasteiger partial charge in [-0.15, -0.1) is 0 Å². The van der Waals surface area contributed by atoms with Crippen LogP contribution in [0.5, 0.6) is 5.88 Å². The molecule has 150 valence electrons. The van der Waals surface area contributed by atoms with Crippen LogP contribution >= 0.6 is 0 Å². The zero-order chi connectivity index (χ0) is 20.4. The minimum Gasteiger partial charge on any atom is -0.477 e. The van der Waals surface area contributed by atoms with Crippen molar-refractivity contribution in [2.45, 2.75) is 33.2 Å². The molecule has 0 saturated carbocycles. The maximum absolute atomic E-state index is 13.4. The third-order valence-corrected chi connectivity index (χ3v) is 4.69. The van der Waals surface area contributed by atoms with Crippen molar-refractivity contribution in [3.63, 3.8) is 0 Å². The number of pyridine rings is 1. The summed E-state index contributed by atoms with van der Waals surface area (Å²) in [5.41, 5.74) is 3.17. The fraction of sp³-hybridized carbons (Fsp3) is 0.318. The van der Waals surface area contributed by atoms with Crippen LogP contribution in [0.4, 0.5) is 10.2 Å². The van der Waals surface area contributed by atoms with Crippen molar-refractivity contribution in [2.24, 2.45) is 5.92 Å². The van der Waals surface area contributed by atoms with Gasteiger partial charge < -0.3 is 10.1 Å². The molecule has 0 saturated heterocycles. The molecule has 3 heterocycles. The summed E-state index contributed by atoms with van der Waals surface area (Å²) in [6, 6.07) is 9.94. The van der Waals surface area contributed by atoms with Gasteiger partial charge in [-0.25, -0.2) is 14.1 Å². The molecule has 7 heteroatoms. The Hall–Kier alpha value is -3.22. The van der Waals surface area contributed by atoms with Gasteiger partial charge in [-0.1, -0.05) is 13.8 Å². The van der Waals surface area contributed by atoms with Gasteiger partial charge in [-0.2, -0.15) is 5.10 Å². The van der Waals surface area contributed by atoms with Crippen LogP contribution in [0.2, 0.25) is 0 Å². The van der Waals surface area contributed by atoms with Crippen molar-refractivity contribution in [2.75, 3.05) is 11.9 Å². The fourth-order valence-electron chi connectivity index (χ4n) is 3.42. The third-order valence-electron chi connectivity index (χ3n) is 4.69. The number of nitrogens with one attached hydrogen (secondary N) is 1. The molecule has 0 radical (unpaired) electrons. The van der Waals surface area contributed by atoms with E-state index in [0.29, 0.717) is 30.4 Å². The Morgan fingerprint density at radius 3 is 2.79 bits per heavy atom. The van der Waals surface area contributed by atoms with E-state index in [2.05, 4.69) is 10.3 Å². The van der Waals surface area contributed by atoms with Gasteiger partial charge in [0, 0.05) is 31.1 Å². The van der Waals surface area contributed by atoms with E-state index >= 15 is 0 Å². The van der Waals surface area contributed by atoms with E-state index in [-0.39, 0.29) is 17.6 Å². The summed E-state index contributed by atoms with van der Waals surface area (Å²) in [7, 11) is 0. The number of aromatic nitrogens is 3. The smallest absolute Gasteiger partial charge is 0.225 e. The number of halogens is 1. The first kappa shape index (κ1) is 19.1. The SMILES string of the molecule is CC(C)CC(=O)Nc1cc(-c2c(-c3ccc(F)cc3)nn3c2OCCC3)ccn1. The first-order chi connectivity index (χ1) is 14.0. The highest BCUT2D eigenvalue weighted by molar-refractivity contribution is 5.91. The lowest BCUT2D eigenvalue weighted by atomic mass is 10.0. The van der Waals surface area contributed by atoms with E-state index in [1.807, 2.05) is 30.7 Å². The number of ether oxygens (including phenoxy) is 1. The molecular weight excluding hydrogens is 371 g/mol. The van der Waals surface area contributed by atoms with E-state index in [9.17, 15) is 9.18 Å². The highest BCUT2D eigenvalue weighted by atomic mass is 19.1. The molecule has 1 amide bonds. The zero-order valence-electron chi connectivity index (χ0n) is 16.5. The Labute approximate surface area is 168 Å². The number of amides is 1. The van der Waals surface area contributed by atoms with E-state index in [4.69, 9.17) is 9.84 Å². The third kappa shape index (κ3) is 4.13. The standard InChI is InChI=1S/C22H23FN4O2/c1-14(2)12-19(28)25-18-13-16(8-9-24-18)20-21(15-4-6-17(23)7-5-15)26-27-10-3-11-29-22(20)27/h4-9,13-14H,3,10-12H2,1-2H3,(H,24,25,28). The summed E-state index contributed by atoms with van der Waals surface area (Å²) in [6.07, 6.45) is 2.96. The van der Waals surface area contributed by atoms with E-state index in [1.54, 1.807) is 18.3 Å². The molecule has 0 aliphatic carbocycles. The van der Waals surface area contributed by atoms with Crippen LogP contribution in [-0.2, 0) is 11.3 Å². The molecular formula is C22H23FN4O2. The maximum atomic E-state index is 13.4. The van der Waals surface area contributed by atoms with Crippen molar-refractivity contribution >= 4 is 11.7 Å². The molecule has 6 nitrogen and oxygen atoms in total. The van der Waals surface area contributed by atoms with Crippen LogP contribution in [0.1, 0.15) is 26.7 Å². The van der Waals surface area contributed by atoms with Crippen LogP contribution in [0.3, 0.4) is 0 Å². The fourth-order valence-corrected chi connectivity index (χ4v) is 3.42. The average molecular weight is 394 g/mol. The van der Waals surface area contributed by atoms with E-state index in [1.165, 1.54) is 12.1 Å². The molecule has 2 aromatic heterocycles. The van der Waals surface area contributed by atoms with Crippen molar-refractivity contribution < 1.29 is 13.9 Å². The molecule has 1 aliphatic heterocycles. The maximum Gasteiger partial charge on any atom is 0.225 e. The summed E-state index contributed by atoms with van der Waals surface area (Å²) in [5.74, 6) is 1.06. The lowest BCUT2D eigenvalue weighted by Crippen LogP contribution is -2.15. The summed E-state index contributed by atoms with van der Waals surface area (Å²) in [5, 5.41) is 7.57. The Balaban J connectivity index is 1.76. The average Bonchev–Trinajstić information content (AvgIpc) is 3.07. The first-order valence-electron chi connectivity index (χ1n) is 9.77. The van der Waals surface area contributed by atoms with Crippen LogP contribution in [0, 0.1) is 11.7 Å². The highest BCUT2D eigenvalue weighted by Gasteiger charge is 2.24. The molecule has 0 unspecified atom stereocenters. The Bertz CT molecular complexity index is 1030. The number of rotatable bonds is 5. The lowest BCUT2D eigenvalue weighted by Gasteiger charge is -2.16. The summed E-state index contributed by atoms with van der Waals surface area (Å²) < 4.78 is 21.2. The molecule has 3 aromatic rings. The van der Waals surface area contributed by atoms with Gasteiger partial charge in [0.25, 0.3) is 0 Å². The number of carbonyl (C=O) groups excluding carboxylic acids is 1. The van der Waals surface area contributed by atoms with Crippen molar-refractivity contribution in [3.8, 4) is 28.3 Å². The summed E-state index contributed by atoms with van der Waals surface area (Å²) in [6.45, 7) is 5.36. The minimum absolute atomic E-state index is 0.0725. The topological polar surface area (TPSA) is 69.0 Å². The molecule has 1 N–H and O–H groups in total. The number of hydrogen-bond donors (Lipinski definition) is 1. The molecule has 0 fully saturated rings. The van der Waals surface area contributed by atoms with Crippen molar-refractivity contribution in [3.05, 3.63) is 48.4 Å². The molecule has 1 aliphatic rings. The zero-order valence-corrected chi connectivity index (χ0v) is 16.5. The quantitative estimate of drug-likeness (QED) is 0.691. The Morgan fingerprint density at radius 2 is 2.03 bits per heavy atom. The normalized spacial score (nSPS) is 13.1. The Morgan fingerprint density at radius 1 is 1.24 bits per heavy atom. The van der Waals surface area contributed by atoms with Crippen LogP contribution in [0.15, 0.2) is 42.6 Å². The van der Waals surface area contributed by atoms with Gasteiger partial charge >= 0.3 is 0 Å². The van der Waals surface area contributed by atoms with E-state index < -0.39 is 0 Å². The predicted molar refractivity (Wildman–Crippen MR) is 109 cm³/mol. The molecule has 1 aromatic carbocycles. The predicted octanol–water partition coefficient (Wildman–Crippen LogP) is 4.52. The summed E-state index contributed by atoms with van der Waals surface area (Å²) in [4.78, 5) is 16.4. The second-order valence-corrected chi connectivity index (χ2v) is 7.54. The number of fused-ring (bicyclic) bond motifs is 1. The molecule has 0 atom stereocenters. The number of benzene rings is 1. The van der Waals surface area contributed by atoms with Gasteiger partial charge in [0.05, 0.1) is 12.2 Å². The van der Waals surface area contributed by atoms with Crippen LogP contribution in [0.25, 0.3) is 22.4 Å². The number of nitrogens with zero attached hydrogens (tertiary/aromatic N) is 3. The monoisotopic (exact) mass is 394 g/mol.